The number of aliphatic hydroxyl groups is 11. The number of unbranched alkanes of at least 4 members (excludes halogenated alkanes) is 18. The van der Waals surface area contributed by atoms with E-state index in [2.05, 4.69) is 104 Å². The van der Waals surface area contributed by atoms with Crippen molar-refractivity contribution in [1.82, 2.24) is 5.32 Å². The maximum atomic E-state index is 13.3. The number of amides is 1. The fourth-order valence-electron chi connectivity index (χ4n) is 10.6. The third-order valence-electron chi connectivity index (χ3n) is 16.0. The molecule has 496 valence electrons. The zero-order valence-corrected chi connectivity index (χ0v) is 52.0. The number of allylic oxidation sites excluding steroid dienone is 14. The van der Waals surface area contributed by atoms with Gasteiger partial charge in [0, 0.05) is 6.42 Å². The molecule has 3 saturated heterocycles. The van der Waals surface area contributed by atoms with E-state index in [1.165, 1.54) is 57.8 Å². The number of rotatable bonds is 48. The molecule has 0 bridgehead atoms. The summed E-state index contributed by atoms with van der Waals surface area (Å²) in [6, 6.07) is -0.888. The van der Waals surface area contributed by atoms with Gasteiger partial charge in [-0.2, -0.15) is 0 Å². The van der Waals surface area contributed by atoms with Crippen LogP contribution in [0.5, 0.6) is 0 Å². The minimum absolute atomic E-state index is 0.254. The molecule has 0 radical (unpaired) electrons. The van der Waals surface area contributed by atoms with Gasteiger partial charge in [0.15, 0.2) is 18.9 Å². The van der Waals surface area contributed by atoms with Crippen molar-refractivity contribution in [3.63, 3.8) is 0 Å². The molecule has 1 amide bonds. The van der Waals surface area contributed by atoms with E-state index < -0.39 is 124 Å². The lowest BCUT2D eigenvalue weighted by Gasteiger charge is -2.48. The summed E-state index contributed by atoms with van der Waals surface area (Å²) >= 11 is 0. The molecule has 0 spiro atoms. The second kappa shape index (κ2) is 48.8. The fourth-order valence-corrected chi connectivity index (χ4v) is 10.6. The van der Waals surface area contributed by atoms with Crippen LogP contribution in [0, 0.1) is 0 Å². The van der Waals surface area contributed by atoms with Gasteiger partial charge in [0.05, 0.1) is 38.6 Å². The summed E-state index contributed by atoms with van der Waals surface area (Å²) in [6.07, 6.45) is 34.6. The molecule has 19 nitrogen and oxygen atoms in total. The summed E-state index contributed by atoms with van der Waals surface area (Å²) < 4.78 is 34.2. The summed E-state index contributed by atoms with van der Waals surface area (Å²) in [7, 11) is 0. The molecule has 17 unspecified atom stereocenters. The van der Waals surface area contributed by atoms with Gasteiger partial charge in [-0.1, -0.05) is 208 Å². The van der Waals surface area contributed by atoms with E-state index >= 15 is 0 Å². The summed E-state index contributed by atoms with van der Waals surface area (Å²) in [5.41, 5.74) is 0. The molecule has 12 N–H and O–H groups in total. The van der Waals surface area contributed by atoms with E-state index in [4.69, 9.17) is 28.4 Å². The lowest BCUT2D eigenvalue weighted by atomic mass is 9.96. The molecule has 0 aliphatic carbocycles. The van der Waals surface area contributed by atoms with Crippen LogP contribution in [-0.2, 0) is 33.2 Å². The zero-order valence-electron chi connectivity index (χ0n) is 52.0. The van der Waals surface area contributed by atoms with Crippen LogP contribution in [0.1, 0.15) is 200 Å². The van der Waals surface area contributed by atoms with Crippen molar-refractivity contribution in [3.05, 3.63) is 85.1 Å². The average Bonchev–Trinajstić information content (AvgIpc) is 2.46. The molecule has 86 heavy (non-hydrogen) atoms. The largest absolute Gasteiger partial charge is 0.394 e. The Kier molecular flexibility index (Phi) is 43.8. The maximum absolute atomic E-state index is 13.3. The Morgan fingerprint density at radius 3 is 1.26 bits per heavy atom. The molecule has 0 aromatic carbocycles. The van der Waals surface area contributed by atoms with Crippen molar-refractivity contribution in [2.24, 2.45) is 0 Å². The molecule has 0 aromatic rings. The number of nitrogens with one attached hydrogen (secondary N) is 1. The van der Waals surface area contributed by atoms with Crippen LogP contribution in [0.4, 0.5) is 0 Å². The SMILES string of the molecule is CC/C=C\C/C=C\C/C=C\C/C=C\C/C=C\C/C=C\C/C=C\CCCCCCCCCCCCCCCC(=O)NC(COC1OC(CO)C(OC2OC(CO)C(OC3OC(CO)C(O)C(O)C3O)C(O)C2O)C(O)C1O)C(O)CCCCCCCC. The Labute approximate surface area is 514 Å². The molecule has 3 rings (SSSR count). The highest BCUT2D eigenvalue weighted by Gasteiger charge is 2.53. The first kappa shape index (κ1) is 77.2. The molecule has 0 saturated carbocycles. The number of carbonyl (C=O) groups excluding carboxylic acids is 1. The first-order valence-corrected chi connectivity index (χ1v) is 32.8. The van der Waals surface area contributed by atoms with Crippen molar-refractivity contribution in [2.45, 2.75) is 304 Å². The minimum Gasteiger partial charge on any atom is -0.394 e. The minimum atomic E-state index is -1.97. The normalized spacial score (nSPS) is 29.3. The predicted molar refractivity (Wildman–Crippen MR) is 332 cm³/mol. The number of hydrogen-bond donors (Lipinski definition) is 12. The molecule has 3 fully saturated rings. The zero-order chi connectivity index (χ0) is 62.6. The van der Waals surface area contributed by atoms with Gasteiger partial charge in [-0.25, -0.2) is 0 Å². The van der Waals surface area contributed by atoms with E-state index in [-0.39, 0.29) is 18.9 Å². The molecule has 0 aromatic heterocycles. The van der Waals surface area contributed by atoms with E-state index in [1.54, 1.807) is 0 Å². The monoisotopic (exact) mass is 1220 g/mol. The van der Waals surface area contributed by atoms with E-state index in [1.807, 2.05) is 0 Å². The Bertz CT molecular complexity index is 1890. The van der Waals surface area contributed by atoms with Crippen LogP contribution in [0.3, 0.4) is 0 Å². The Morgan fingerprint density at radius 2 is 0.802 bits per heavy atom. The van der Waals surface area contributed by atoms with Crippen molar-refractivity contribution in [3.8, 4) is 0 Å². The topological polar surface area (TPSA) is 307 Å². The quantitative estimate of drug-likeness (QED) is 0.0207. The Balaban J connectivity index is 1.29. The highest BCUT2D eigenvalue weighted by atomic mass is 16.8. The average molecular weight is 1220 g/mol. The van der Waals surface area contributed by atoms with Gasteiger partial charge in [-0.15, -0.1) is 0 Å². The van der Waals surface area contributed by atoms with Crippen molar-refractivity contribution in [1.29, 1.82) is 0 Å². The Morgan fingerprint density at radius 1 is 0.430 bits per heavy atom. The van der Waals surface area contributed by atoms with Gasteiger partial charge in [-0.3, -0.25) is 4.79 Å². The van der Waals surface area contributed by atoms with Crippen LogP contribution in [0.25, 0.3) is 0 Å². The summed E-state index contributed by atoms with van der Waals surface area (Å²) in [4.78, 5) is 13.3. The second-order valence-corrected chi connectivity index (χ2v) is 23.2. The van der Waals surface area contributed by atoms with Crippen LogP contribution < -0.4 is 5.32 Å². The lowest BCUT2D eigenvalue weighted by molar-refractivity contribution is -0.379. The highest BCUT2D eigenvalue weighted by Crippen LogP contribution is 2.33. The highest BCUT2D eigenvalue weighted by molar-refractivity contribution is 5.76. The molecular formula is C67H115NO18. The van der Waals surface area contributed by atoms with E-state index in [9.17, 15) is 61.0 Å². The van der Waals surface area contributed by atoms with Gasteiger partial charge < -0.3 is 89.9 Å². The molecular weight excluding hydrogens is 1110 g/mol. The number of hydrogen-bond acceptors (Lipinski definition) is 18. The third kappa shape index (κ3) is 31.1. The molecule has 19 heteroatoms. The van der Waals surface area contributed by atoms with Gasteiger partial charge in [-0.05, 0) is 70.6 Å². The van der Waals surface area contributed by atoms with Crippen molar-refractivity contribution >= 4 is 5.91 Å². The lowest BCUT2D eigenvalue weighted by Crippen LogP contribution is -2.66. The Hall–Kier alpha value is -3.03. The molecule has 3 aliphatic rings. The standard InChI is InChI=1S/C67H115NO18/c1-3-5-7-9-11-12-13-14-15-16-17-18-19-20-21-22-23-24-25-26-27-28-29-30-31-32-33-34-35-36-37-38-39-41-43-45-55(73)68-50(51(72)44-42-40-10-8-6-4-2)49-81-65-61(79)58(76)63(53(47-70)83-65)86-67-62(80)59(77)64(54(48-71)84-67)85-66-60(78)57(75)56(74)52(46-69)82-66/h5,7,11-12,14-15,17-18,20-21,23-24,26-27,50-54,56-67,69-72,74-80H,3-4,6,8-10,13,16,19,22,25,28-49H2,1-2H3,(H,68,73)/b7-5-,12-11-,15-14-,18-17-,21-20-,24-23-,27-26-. The predicted octanol–water partition coefficient (Wildman–Crippen LogP) is 7.54. The smallest absolute Gasteiger partial charge is 0.220 e. The molecule has 3 heterocycles. The van der Waals surface area contributed by atoms with Gasteiger partial charge in [0.25, 0.3) is 0 Å². The summed E-state index contributed by atoms with van der Waals surface area (Å²) in [6.45, 7) is 1.58. The van der Waals surface area contributed by atoms with Crippen LogP contribution in [0.15, 0.2) is 85.1 Å². The van der Waals surface area contributed by atoms with Crippen molar-refractivity contribution < 1.29 is 89.4 Å². The van der Waals surface area contributed by atoms with Crippen molar-refractivity contribution in [2.75, 3.05) is 26.4 Å². The maximum Gasteiger partial charge on any atom is 0.220 e. The van der Waals surface area contributed by atoms with Crippen LogP contribution >= 0.6 is 0 Å². The first-order valence-electron chi connectivity index (χ1n) is 32.8. The van der Waals surface area contributed by atoms with Gasteiger partial charge >= 0.3 is 0 Å². The van der Waals surface area contributed by atoms with E-state index in [0.29, 0.717) is 12.8 Å². The molecule has 17 atom stereocenters. The summed E-state index contributed by atoms with van der Waals surface area (Å²) in [5, 5.41) is 120. The number of ether oxygens (including phenoxy) is 6. The van der Waals surface area contributed by atoms with E-state index in [0.717, 1.165) is 109 Å². The number of aliphatic hydroxyl groups excluding tert-OH is 11. The van der Waals surface area contributed by atoms with Gasteiger partial charge in [0.2, 0.25) is 5.91 Å². The number of carbonyl (C=O) groups is 1. The van der Waals surface area contributed by atoms with Crippen LogP contribution in [0.2, 0.25) is 0 Å². The fraction of sp³-hybridized carbons (Fsp3) is 0.776. The molecule has 3 aliphatic heterocycles. The third-order valence-corrected chi connectivity index (χ3v) is 16.0. The van der Waals surface area contributed by atoms with Gasteiger partial charge in [0.1, 0.15) is 73.2 Å². The second-order valence-electron chi connectivity index (χ2n) is 23.2. The van der Waals surface area contributed by atoms with Crippen LogP contribution in [-0.4, -0.2) is 193 Å². The first-order chi connectivity index (χ1) is 41.8. The summed E-state index contributed by atoms with van der Waals surface area (Å²) in [5.74, 6) is -0.254.